The first-order valence-electron chi connectivity index (χ1n) is 9.91. The number of para-hydroxylation sites is 1. The van der Waals surface area contributed by atoms with E-state index in [9.17, 15) is 4.79 Å². The number of aromatic nitrogens is 3. The summed E-state index contributed by atoms with van der Waals surface area (Å²) < 4.78 is 1.73. The lowest BCUT2D eigenvalue weighted by Gasteiger charge is -2.09. The minimum Gasteiger partial charge on any atom is -0.319 e. The van der Waals surface area contributed by atoms with E-state index in [1.165, 1.54) is 0 Å². The van der Waals surface area contributed by atoms with E-state index in [1.54, 1.807) is 4.68 Å². The summed E-state index contributed by atoms with van der Waals surface area (Å²) in [7, 11) is 0. The molecule has 5 nitrogen and oxygen atoms in total. The monoisotopic (exact) mass is 396 g/mol. The summed E-state index contributed by atoms with van der Waals surface area (Å²) in [6, 6.07) is 22.0. The van der Waals surface area contributed by atoms with E-state index < -0.39 is 0 Å². The topological polar surface area (TPSA) is 59.8 Å². The molecule has 4 aromatic rings. The molecule has 0 radical (unpaired) electrons. The molecule has 0 saturated heterocycles. The van der Waals surface area contributed by atoms with E-state index in [0.29, 0.717) is 5.82 Å². The first-order chi connectivity index (χ1) is 14.4. The quantitative estimate of drug-likeness (QED) is 0.501. The van der Waals surface area contributed by atoms with Crippen LogP contribution in [0, 0.1) is 27.7 Å². The van der Waals surface area contributed by atoms with Crippen molar-refractivity contribution >= 4 is 11.6 Å². The second-order valence-corrected chi connectivity index (χ2v) is 7.60. The molecule has 0 bridgehead atoms. The van der Waals surface area contributed by atoms with Crippen molar-refractivity contribution in [1.29, 1.82) is 0 Å². The predicted molar refractivity (Wildman–Crippen MR) is 120 cm³/mol. The average molecular weight is 396 g/mol. The Bertz CT molecular complexity index is 1200. The summed E-state index contributed by atoms with van der Waals surface area (Å²) in [6.45, 7) is 8.01. The zero-order valence-electron chi connectivity index (χ0n) is 17.6. The molecule has 4 rings (SSSR count). The third-order valence-corrected chi connectivity index (χ3v) is 5.09. The summed E-state index contributed by atoms with van der Waals surface area (Å²) in [4.78, 5) is 17.6. The molecule has 1 heterocycles. The number of hydrogen-bond donors (Lipinski definition) is 1. The van der Waals surface area contributed by atoms with Crippen molar-refractivity contribution in [3.05, 3.63) is 94.8 Å². The van der Waals surface area contributed by atoms with Crippen molar-refractivity contribution in [1.82, 2.24) is 14.8 Å². The van der Waals surface area contributed by atoms with Crippen LogP contribution in [-0.2, 0) is 0 Å². The van der Waals surface area contributed by atoms with Gasteiger partial charge in [0.15, 0.2) is 5.82 Å². The smallest absolute Gasteiger partial charge is 0.295 e. The molecule has 30 heavy (non-hydrogen) atoms. The number of amides is 1. The largest absolute Gasteiger partial charge is 0.319 e. The highest BCUT2D eigenvalue weighted by Crippen LogP contribution is 2.24. The molecular formula is C25H24N4O. The number of anilines is 1. The Labute approximate surface area is 176 Å². The van der Waals surface area contributed by atoms with Crippen molar-refractivity contribution in [3.8, 4) is 17.1 Å². The first kappa shape index (κ1) is 19.6. The number of hydrogen-bond acceptors (Lipinski definition) is 3. The minimum absolute atomic E-state index is 0.134. The second kappa shape index (κ2) is 7.95. The fraction of sp³-hybridized carbons (Fsp3) is 0.160. The molecule has 3 aromatic carbocycles. The fourth-order valence-corrected chi connectivity index (χ4v) is 3.42. The lowest BCUT2D eigenvalue weighted by Crippen LogP contribution is -2.16. The Kier molecular flexibility index (Phi) is 5.19. The van der Waals surface area contributed by atoms with Crippen LogP contribution in [0.1, 0.15) is 32.9 Å². The van der Waals surface area contributed by atoms with Gasteiger partial charge in [0.1, 0.15) is 0 Å². The summed E-state index contributed by atoms with van der Waals surface area (Å²) in [5.41, 5.74) is 6.84. The molecule has 1 N–H and O–H groups in total. The number of carbonyl (C=O) groups excluding carboxylic acids is 1. The van der Waals surface area contributed by atoms with Gasteiger partial charge in [-0.1, -0.05) is 60.2 Å². The van der Waals surface area contributed by atoms with Crippen molar-refractivity contribution in [2.75, 3.05) is 5.32 Å². The molecular weight excluding hydrogens is 372 g/mol. The molecule has 1 aromatic heterocycles. The van der Waals surface area contributed by atoms with Crippen LogP contribution in [0.4, 0.5) is 5.69 Å². The van der Waals surface area contributed by atoms with Crippen LogP contribution in [-0.4, -0.2) is 20.7 Å². The Morgan fingerprint density at radius 3 is 2.17 bits per heavy atom. The van der Waals surface area contributed by atoms with Gasteiger partial charge >= 0.3 is 0 Å². The van der Waals surface area contributed by atoms with Crippen molar-refractivity contribution in [2.45, 2.75) is 27.7 Å². The maximum atomic E-state index is 13.0. The van der Waals surface area contributed by atoms with Crippen LogP contribution in [0.15, 0.2) is 66.7 Å². The molecule has 0 unspecified atom stereocenters. The van der Waals surface area contributed by atoms with Gasteiger partial charge in [-0.3, -0.25) is 4.79 Å². The first-order valence-corrected chi connectivity index (χ1v) is 9.91. The highest BCUT2D eigenvalue weighted by Gasteiger charge is 2.20. The van der Waals surface area contributed by atoms with E-state index >= 15 is 0 Å². The summed E-state index contributed by atoms with van der Waals surface area (Å²) in [5.74, 6) is 0.439. The molecule has 0 aliphatic heterocycles. The van der Waals surface area contributed by atoms with E-state index in [1.807, 2.05) is 94.4 Å². The van der Waals surface area contributed by atoms with Crippen LogP contribution in [0.2, 0.25) is 0 Å². The average Bonchev–Trinajstić information content (AvgIpc) is 3.17. The van der Waals surface area contributed by atoms with Gasteiger partial charge in [-0.15, -0.1) is 5.10 Å². The molecule has 0 saturated carbocycles. The van der Waals surface area contributed by atoms with Crippen LogP contribution in [0.3, 0.4) is 0 Å². The van der Waals surface area contributed by atoms with Crippen LogP contribution < -0.4 is 5.32 Å². The van der Waals surface area contributed by atoms with E-state index in [-0.39, 0.29) is 11.7 Å². The molecule has 150 valence electrons. The Morgan fingerprint density at radius 2 is 1.50 bits per heavy atom. The molecule has 0 fully saturated rings. The number of aryl methyl sites for hydroxylation is 4. The number of nitrogens with zero attached hydrogens (tertiary/aromatic N) is 3. The van der Waals surface area contributed by atoms with Crippen molar-refractivity contribution in [2.24, 2.45) is 0 Å². The SMILES string of the molecule is Cc1ccc(-c2nc(C(=O)Nc3c(C)cccc3C)nn2-c2cccc(C)c2)cc1. The van der Waals surface area contributed by atoms with E-state index in [0.717, 1.165) is 39.2 Å². The van der Waals surface area contributed by atoms with E-state index in [4.69, 9.17) is 0 Å². The number of benzene rings is 3. The normalized spacial score (nSPS) is 10.8. The third-order valence-electron chi connectivity index (χ3n) is 5.09. The zero-order valence-corrected chi connectivity index (χ0v) is 17.6. The van der Waals surface area contributed by atoms with Gasteiger partial charge in [0, 0.05) is 11.3 Å². The van der Waals surface area contributed by atoms with Crippen molar-refractivity contribution < 1.29 is 4.79 Å². The minimum atomic E-state index is -0.327. The molecule has 1 amide bonds. The van der Waals surface area contributed by atoms with Gasteiger partial charge in [0.05, 0.1) is 5.69 Å². The van der Waals surface area contributed by atoms with Gasteiger partial charge in [-0.25, -0.2) is 9.67 Å². The van der Waals surface area contributed by atoms with E-state index in [2.05, 4.69) is 15.4 Å². The van der Waals surface area contributed by atoms with Crippen LogP contribution in [0.5, 0.6) is 0 Å². The Morgan fingerprint density at radius 1 is 0.833 bits per heavy atom. The molecule has 0 aliphatic carbocycles. The van der Waals surface area contributed by atoms with Gasteiger partial charge in [-0.2, -0.15) is 0 Å². The van der Waals surface area contributed by atoms with Gasteiger partial charge in [0.2, 0.25) is 5.82 Å². The lowest BCUT2D eigenvalue weighted by molar-refractivity contribution is 0.101. The van der Waals surface area contributed by atoms with Crippen LogP contribution >= 0.6 is 0 Å². The number of carbonyl (C=O) groups is 1. The second-order valence-electron chi connectivity index (χ2n) is 7.60. The Hall–Kier alpha value is -3.73. The fourth-order valence-electron chi connectivity index (χ4n) is 3.42. The molecule has 5 heteroatoms. The highest BCUT2D eigenvalue weighted by atomic mass is 16.2. The maximum Gasteiger partial charge on any atom is 0.295 e. The number of rotatable bonds is 4. The Balaban J connectivity index is 1.78. The molecule has 0 spiro atoms. The van der Waals surface area contributed by atoms with Crippen LogP contribution in [0.25, 0.3) is 17.1 Å². The number of nitrogens with one attached hydrogen (secondary N) is 1. The maximum absolute atomic E-state index is 13.0. The summed E-state index contributed by atoms with van der Waals surface area (Å²) >= 11 is 0. The summed E-state index contributed by atoms with van der Waals surface area (Å²) in [6.07, 6.45) is 0. The zero-order chi connectivity index (χ0) is 21.3. The highest BCUT2D eigenvalue weighted by molar-refractivity contribution is 6.02. The van der Waals surface area contributed by atoms with Gasteiger partial charge in [-0.05, 0) is 56.5 Å². The lowest BCUT2D eigenvalue weighted by atomic mass is 10.1. The third kappa shape index (κ3) is 3.87. The molecule has 0 aliphatic rings. The van der Waals surface area contributed by atoms with Gasteiger partial charge < -0.3 is 5.32 Å². The van der Waals surface area contributed by atoms with Crippen molar-refractivity contribution in [3.63, 3.8) is 0 Å². The molecule has 0 atom stereocenters. The predicted octanol–water partition coefficient (Wildman–Crippen LogP) is 5.42. The van der Waals surface area contributed by atoms with Gasteiger partial charge in [0.25, 0.3) is 5.91 Å². The standard InChI is InChI=1S/C25H24N4O/c1-16-11-13-20(14-12-16)24-27-23(28-29(24)21-10-5-7-17(2)15-21)25(30)26-22-18(3)8-6-9-19(22)4/h5-15H,1-4H3,(H,26,30). The summed E-state index contributed by atoms with van der Waals surface area (Å²) in [5, 5.41) is 7.55.